The predicted molar refractivity (Wildman–Crippen MR) is 141 cm³/mol. The van der Waals surface area contributed by atoms with Crippen LogP contribution in [0.2, 0.25) is 0 Å². The molecule has 0 unspecified atom stereocenters. The van der Waals surface area contributed by atoms with Gasteiger partial charge in [0.15, 0.2) is 0 Å². The van der Waals surface area contributed by atoms with Crippen LogP contribution in [0.15, 0.2) is 114 Å². The molecule has 0 saturated carbocycles. The van der Waals surface area contributed by atoms with Gasteiger partial charge in [-0.1, -0.05) is 90.5 Å². The summed E-state index contributed by atoms with van der Waals surface area (Å²) in [6, 6.07) is 36.7. The van der Waals surface area contributed by atoms with E-state index in [2.05, 4.69) is 54.4 Å². The van der Waals surface area contributed by atoms with Gasteiger partial charge in [-0.05, 0) is 47.9 Å². The second-order valence-electron chi connectivity index (χ2n) is 8.56. The van der Waals surface area contributed by atoms with E-state index in [1.54, 1.807) is 0 Å². The molecule has 6 aromatic rings. The molecule has 0 amide bonds. The molecule has 3 heteroatoms. The molecule has 2 aromatic heterocycles. The summed E-state index contributed by atoms with van der Waals surface area (Å²) in [7, 11) is 0. The number of aromatic amines is 1. The summed E-state index contributed by atoms with van der Waals surface area (Å²) < 4.78 is 0. The Morgan fingerprint density at radius 3 is 2.09 bits per heavy atom. The molecule has 0 radical (unpaired) electrons. The summed E-state index contributed by atoms with van der Waals surface area (Å²) in [6.45, 7) is 2.07. The summed E-state index contributed by atoms with van der Waals surface area (Å²) >= 11 is 0. The summed E-state index contributed by atoms with van der Waals surface area (Å²) in [5.41, 5.74) is 7.99. The summed E-state index contributed by atoms with van der Waals surface area (Å²) in [5.74, 6) is 0. The number of hydrogen-bond donors (Lipinski definition) is 1. The lowest BCUT2D eigenvalue weighted by Crippen LogP contribution is -2.12. The first kappa shape index (κ1) is 20.1. The third-order valence-electron chi connectivity index (χ3n) is 6.29. The number of nitrogens with zero attached hydrogens (tertiary/aromatic N) is 1. The zero-order valence-corrected chi connectivity index (χ0v) is 18.7. The first-order valence-electron chi connectivity index (χ1n) is 11.4. The molecule has 34 heavy (non-hydrogen) atoms. The van der Waals surface area contributed by atoms with E-state index in [1.165, 1.54) is 0 Å². The Bertz CT molecular complexity index is 1720. The van der Waals surface area contributed by atoms with Crippen molar-refractivity contribution in [3.63, 3.8) is 0 Å². The van der Waals surface area contributed by atoms with Gasteiger partial charge in [-0.3, -0.25) is 4.79 Å². The van der Waals surface area contributed by atoms with Crippen LogP contribution in [0.4, 0.5) is 0 Å². The van der Waals surface area contributed by atoms with Crippen molar-refractivity contribution in [1.29, 1.82) is 0 Å². The first-order chi connectivity index (χ1) is 16.7. The van der Waals surface area contributed by atoms with E-state index in [-0.39, 0.29) is 5.56 Å². The highest BCUT2D eigenvalue weighted by Crippen LogP contribution is 2.37. The quantitative estimate of drug-likeness (QED) is 0.313. The molecule has 0 spiro atoms. The molecule has 0 aliphatic rings. The smallest absolute Gasteiger partial charge is 0.258 e. The Hall–Kier alpha value is -4.50. The van der Waals surface area contributed by atoms with Crippen LogP contribution in [0.5, 0.6) is 0 Å². The Kier molecular flexibility index (Phi) is 4.81. The molecule has 0 fully saturated rings. The SMILES string of the molecule is Cc1ccc2[nH]c(=O)c(-c3cc(-c4ccccc4)c4ccccc4n3)c(-c3ccccc3)c2c1. The van der Waals surface area contributed by atoms with Crippen LogP contribution in [0.25, 0.3) is 55.3 Å². The molecule has 0 aliphatic heterocycles. The molecular formula is C31H22N2O. The van der Waals surface area contributed by atoms with E-state index in [1.807, 2.05) is 66.7 Å². The number of fused-ring (bicyclic) bond motifs is 2. The molecule has 0 aliphatic carbocycles. The lowest BCUT2D eigenvalue weighted by molar-refractivity contribution is 1.28. The van der Waals surface area contributed by atoms with Gasteiger partial charge in [0.1, 0.15) is 0 Å². The van der Waals surface area contributed by atoms with Crippen molar-refractivity contribution in [1.82, 2.24) is 9.97 Å². The molecule has 2 heterocycles. The average molecular weight is 439 g/mol. The number of aryl methyl sites for hydroxylation is 1. The normalized spacial score (nSPS) is 11.2. The van der Waals surface area contributed by atoms with Crippen molar-refractivity contribution < 1.29 is 0 Å². The molecular weight excluding hydrogens is 416 g/mol. The number of aromatic nitrogens is 2. The van der Waals surface area contributed by atoms with Gasteiger partial charge in [0.05, 0.1) is 16.8 Å². The number of pyridine rings is 2. The van der Waals surface area contributed by atoms with Crippen LogP contribution in [0, 0.1) is 6.92 Å². The van der Waals surface area contributed by atoms with Gasteiger partial charge in [0.2, 0.25) is 0 Å². The van der Waals surface area contributed by atoms with Crippen LogP contribution in [0.3, 0.4) is 0 Å². The minimum Gasteiger partial charge on any atom is -0.321 e. The largest absolute Gasteiger partial charge is 0.321 e. The van der Waals surface area contributed by atoms with Crippen molar-refractivity contribution >= 4 is 21.8 Å². The minimum atomic E-state index is -0.142. The molecule has 0 bridgehead atoms. The predicted octanol–water partition coefficient (Wildman–Crippen LogP) is 7.39. The van der Waals surface area contributed by atoms with Crippen molar-refractivity contribution in [2.24, 2.45) is 0 Å². The highest BCUT2D eigenvalue weighted by molar-refractivity contribution is 6.04. The van der Waals surface area contributed by atoms with Crippen LogP contribution in [-0.4, -0.2) is 9.97 Å². The average Bonchev–Trinajstić information content (AvgIpc) is 2.88. The Morgan fingerprint density at radius 2 is 1.32 bits per heavy atom. The van der Waals surface area contributed by atoms with Crippen molar-refractivity contribution in [2.45, 2.75) is 6.92 Å². The van der Waals surface area contributed by atoms with Crippen molar-refractivity contribution in [3.05, 3.63) is 125 Å². The van der Waals surface area contributed by atoms with Crippen molar-refractivity contribution in [3.8, 4) is 33.5 Å². The van der Waals surface area contributed by atoms with E-state index in [9.17, 15) is 4.79 Å². The zero-order valence-electron chi connectivity index (χ0n) is 18.7. The van der Waals surface area contributed by atoms with E-state index in [0.29, 0.717) is 11.3 Å². The molecule has 3 nitrogen and oxygen atoms in total. The Morgan fingerprint density at radius 1 is 0.647 bits per heavy atom. The summed E-state index contributed by atoms with van der Waals surface area (Å²) in [6.07, 6.45) is 0. The molecule has 6 rings (SSSR count). The van der Waals surface area contributed by atoms with Gasteiger partial charge in [0, 0.05) is 21.9 Å². The number of nitrogens with one attached hydrogen (secondary N) is 1. The summed E-state index contributed by atoms with van der Waals surface area (Å²) in [4.78, 5) is 21.7. The molecule has 0 saturated heterocycles. The van der Waals surface area contributed by atoms with Gasteiger partial charge < -0.3 is 4.98 Å². The van der Waals surface area contributed by atoms with Crippen LogP contribution < -0.4 is 5.56 Å². The lowest BCUT2D eigenvalue weighted by Gasteiger charge is -2.15. The number of H-pyrrole nitrogens is 1. The number of hydrogen-bond acceptors (Lipinski definition) is 2. The van der Waals surface area contributed by atoms with Crippen LogP contribution >= 0.6 is 0 Å². The maximum absolute atomic E-state index is 13.6. The Balaban J connectivity index is 1.75. The topological polar surface area (TPSA) is 45.8 Å². The van der Waals surface area contributed by atoms with E-state index in [4.69, 9.17) is 4.98 Å². The van der Waals surface area contributed by atoms with Gasteiger partial charge in [-0.25, -0.2) is 4.98 Å². The standard InChI is InChI=1S/C31H22N2O/c1-20-16-17-27-25(18-20)29(22-12-6-3-7-13-22)30(31(34)33-27)28-19-24(21-10-4-2-5-11-21)23-14-8-9-15-26(23)32-28/h2-19H,1H3,(H,33,34). The fourth-order valence-electron chi connectivity index (χ4n) is 4.72. The molecule has 162 valence electrons. The van der Waals surface area contributed by atoms with E-state index in [0.717, 1.165) is 49.6 Å². The number of benzene rings is 4. The van der Waals surface area contributed by atoms with Crippen LogP contribution in [0.1, 0.15) is 5.56 Å². The number of rotatable bonds is 3. The minimum absolute atomic E-state index is 0.142. The highest BCUT2D eigenvalue weighted by atomic mass is 16.1. The summed E-state index contributed by atoms with van der Waals surface area (Å²) in [5, 5.41) is 2.07. The van der Waals surface area contributed by atoms with Gasteiger partial charge in [-0.2, -0.15) is 0 Å². The second-order valence-corrected chi connectivity index (χ2v) is 8.56. The third-order valence-corrected chi connectivity index (χ3v) is 6.29. The first-order valence-corrected chi connectivity index (χ1v) is 11.4. The van der Waals surface area contributed by atoms with Gasteiger partial charge >= 0.3 is 0 Å². The molecule has 1 N–H and O–H groups in total. The maximum atomic E-state index is 13.6. The lowest BCUT2D eigenvalue weighted by atomic mass is 9.92. The monoisotopic (exact) mass is 438 g/mol. The fourth-order valence-corrected chi connectivity index (χ4v) is 4.72. The Labute approximate surface area is 197 Å². The fraction of sp³-hybridized carbons (Fsp3) is 0.0323. The third kappa shape index (κ3) is 3.39. The van der Waals surface area contributed by atoms with Gasteiger partial charge in [-0.15, -0.1) is 0 Å². The second kappa shape index (κ2) is 8.13. The van der Waals surface area contributed by atoms with Gasteiger partial charge in [0.25, 0.3) is 5.56 Å². The molecule has 0 atom stereocenters. The van der Waals surface area contributed by atoms with E-state index < -0.39 is 0 Å². The van der Waals surface area contributed by atoms with Crippen molar-refractivity contribution in [2.75, 3.05) is 0 Å². The zero-order chi connectivity index (χ0) is 23.1. The number of para-hydroxylation sites is 1. The molecule has 4 aromatic carbocycles. The maximum Gasteiger partial charge on any atom is 0.258 e. The van der Waals surface area contributed by atoms with E-state index >= 15 is 0 Å². The van der Waals surface area contributed by atoms with Crippen LogP contribution in [-0.2, 0) is 0 Å². The highest BCUT2D eigenvalue weighted by Gasteiger charge is 2.19.